The van der Waals surface area contributed by atoms with Crippen LogP contribution in [0.1, 0.15) is 47.2 Å². The highest BCUT2D eigenvalue weighted by molar-refractivity contribution is 6.05. The molecule has 2 aromatic rings. The van der Waals surface area contributed by atoms with Crippen LogP contribution < -0.4 is 15.5 Å². The second-order valence-electron chi connectivity index (χ2n) is 9.04. The standard InChI is InChI=1S/C26H35N3O2/c1-19-3-8-25(20(2)17-19)26(30)28-23-4-6-24(7-5-23)29-13-9-22(10-14-29)27-18-21-11-15-31-16-12-21/h3-8,17,21-22,27H,9-16,18H2,1-2H3,(H,28,30). The van der Waals surface area contributed by atoms with Crippen molar-refractivity contribution in [1.82, 2.24) is 5.32 Å². The van der Waals surface area contributed by atoms with Crippen molar-refractivity contribution < 1.29 is 9.53 Å². The molecule has 31 heavy (non-hydrogen) atoms. The summed E-state index contributed by atoms with van der Waals surface area (Å²) in [4.78, 5) is 15.1. The first-order valence-electron chi connectivity index (χ1n) is 11.6. The zero-order valence-corrected chi connectivity index (χ0v) is 18.8. The summed E-state index contributed by atoms with van der Waals surface area (Å²) in [5.41, 5.74) is 4.96. The Morgan fingerprint density at radius 2 is 1.71 bits per heavy atom. The number of piperidine rings is 1. The average molecular weight is 422 g/mol. The maximum Gasteiger partial charge on any atom is 0.255 e. The van der Waals surface area contributed by atoms with Crippen molar-refractivity contribution in [3.63, 3.8) is 0 Å². The minimum Gasteiger partial charge on any atom is -0.381 e. The lowest BCUT2D eigenvalue weighted by molar-refractivity contribution is 0.0651. The largest absolute Gasteiger partial charge is 0.381 e. The van der Waals surface area contributed by atoms with Crippen LogP contribution in [-0.4, -0.2) is 44.8 Å². The van der Waals surface area contributed by atoms with E-state index < -0.39 is 0 Å². The highest BCUT2D eigenvalue weighted by atomic mass is 16.5. The summed E-state index contributed by atoms with van der Waals surface area (Å²) in [6.45, 7) is 9.13. The minimum absolute atomic E-state index is 0.0540. The number of nitrogens with zero attached hydrogens (tertiary/aromatic N) is 1. The molecule has 0 unspecified atom stereocenters. The van der Waals surface area contributed by atoms with E-state index in [4.69, 9.17) is 4.74 Å². The van der Waals surface area contributed by atoms with Gasteiger partial charge in [-0.3, -0.25) is 4.79 Å². The van der Waals surface area contributed by atoms with E-state index in [1.807, 2.05) is 44.2 Å². The molecule has 0 bridgehead atoms. The van der Waals surface area contributed by atoms with E-state index in [-0.39, 0.29) is 5.91 Å². The molecule has 5 nitrogen and oxygen atoms in total. The molecule has 2 aromatic carbocycles. The fourth-order valence-corrected chi connectivity index (χ4v) is 4.65. The van der Waals surface area contributed by atoms with Gasteiger partial charge in [0, 0.05) is 49.3 Å². The fourth-order valence-electron chi connectivity index (χ4n) is 4.65. The molecule has 0 radical (unpaired) electrons. The predicted octanol–water partition coefficient (Wildman–Crippen LogP) is 4.54. The van der Waals surface area contributed by atoms with E-state index >= 15 is 0 Å². The number of aryl methyl sites for hydroxylation is 2. The fraction of sp³-hybridized carbons (Fsp3) is 0.500. The normalized spacial score (nSPS) is 18.2. The maximum absolute atomic E-state index is 12.6. The first kappa shape index (κ1) is 21.8. The van der Waals surface area contributed by atoms with E-state index in [2.05, 4.69) is 27.7 Å². The number of hydrogen-bond donors (Lipinski definition) is 2. The number of carbonyl (C=O) groups is 1. The van der Waals surface area contributed by atoms with E-state index in [1.54, 1.807) is 0 Å². The molecule has 2 fully saturated rings. The van der Waals surface area contributed by atoms with Crippen LogP contribution >= 0.6 is 0 Å². The number of carbonyl (C=O) groups excluding carboxylic acids is 1. The lowest BCUT2D eigenvalue weighted by Gasteiger charge is -2.35. The highest BCUT2D eigenvalue weighted by Crippen LogP contribution is 2.23. The van der Waals surface area contributed by atoms with Crippen LogP contribution in [-0.2, 0) is 4.74 Å². The third-order valence-corrected chi connectivity index (χ3v) is 6.65. The number of amides is 1. The van der Waals surface area contributed by atoms with E-state index in [0.29, 0.717) is 6.04 Å². The van der Waals surface area contributed by atoms with Crippen LogP contribution in [0, 0.1) is 19.8 Å². The number of anilines is 2. The lowest BCUT2D eigenvalue weighted by Crippen LogP contribution is -2.44. The van der Waals surface area contributed by atoms with Crippen molar-refractivity contribution in [3.8, 4) is 0 Å². The van der Waals surface area contributed by atoms with Gasteiger partial charge in [-0.15, -0.1) is 0 Å². The summed E-state index contributed by atoms with van der Waals surface area (Å²) < 4.78 is 5.46. The number of hydrogen-bond acceptors (Lipinski definition) is 4. The van der Waals surface area contributed by atoms with Crippen molar-refractivity contribution in [2.75, 3.05) is 43.1 Å². The Bertz CT molecular complexity index is 867. The quantitative estimate of drug-likeness (QED) is 0.719. The van der Waals surface area contributed by atoms with Gasteiger partial charge in [0.15, 0.2) is 0 Å². The summed E-state index contributed by atoms with van der Waals surface area (Å²) in [5.74, 6) is 0.722. The third-order valence-electron chi connectivity index (χ3n) is 6.65. The van der Waals surface area contributed by atoms with Crippen molar-refractivity contribution in [1.29, 1.82) is 0 Å². The average Bonchev–Trinajstić information content (AvgIpc) is 2.79. The van der Waals surface area contributed by atoms with Gasteiger partial charge in [-0.05, 0) is 87.9 Å². The number of ether oxygens (including phenoxy) is 1. The minimum atomic E-state index is -0.0540. The van der Waals surface area contributed by atoms with Gasteiger partial charge in [0.1, 0.15) is 0 Å². The summed E-state index contributed by atoms with van der Waals surface area (Å²) in [7, 11) is 0. The van der Waals surface area contributed by atoms with Crippen LogP contribution in [0.2, 0.25) is 0 Å². The molecule has 4 rings (SSSR count). The molecule has 2 aliphatic rings. The number of nitrogens with one attached hydrogen (secondary N) is 2. The van der Waals surface area contributed by atoms with Crippen molar-refractivity contribution in [2.45, 2.75) is 45.6 Å². The molecule has 2 N–H and O–H groups in total. The van der Waals surface area contributed by atoms with Crippen LogP contribution in [0.15, 0.2) is 42.5 Å². The van der Waals surface area contributed by atoms with Gasteiger partial charge in [0.2, 0.25) is 0 Å². The van der Waals surface area contributed by atoms with Crippen molar-refractivity contribution in [2.24, 2.45) is 5.92 Å². The van der Waals surface area contributed by atoms with Gasteiger partial charge in [0.25, 0.3) is 5.91 Å². The molecule has 0 saturated carbocycles. The van der Waals surface area contributed by atoms with Crippen LogP contribution in [0.3, 0.4) is 0 Å². The Morgan fingerprint density at radius 1 is 1.00 bits per heavy atom. The molecule has 2 aliphatic heterocycles. The van der Waals surface area contributed by atoms with Crippen LogP contribution in [0.25, 0.3) is 0 Å². The summed E-state index contributed by atoms with van der Waals surface area (Å²) in [6.07, 6.45) is 4.74. The summed E-state index contributed by atoms with van der Waals surface area (Å²) in [5, 5.41) is 6.82. The second kappa shape index (κ2) is 10.3. The smallest absolute Gasteiger partial charge is 0.255 e. The Labute approximate surface area is 186 Å². The Morgan fingerprint density at radius 3 is 2.39 bits per heavy atom. The van der Waals surface area contributed by atoms with Gasteiger partial charge in [-0.25, -0.2) is 0 Å². The zero-order valence-electron chi connectivity index (χ0n) is 18.8. The molecule has 5 heteroatoms. The summed E-state index contributed by atoms with van der Waals surface area (Å²) >= 11 is 0. The van der Waals surface area contributed by atoms with Gasteiger partial charge in [-0.1, -0.05) is 17.7 Å². The van der Waals surface area contributed by atoms with E-state index in [0.717, 1.165) is 55.6 Å². The first-order chi connectivity index (χ1) is 15.1. The zero-order chi connectivity index (χ0) is 21.6. The molecular weight excluding hydrogens is 386 g/mol. The van der Waals surface area contributed by atoms with Crippen LogP contribution in [0.4, 0.5) is 11.4 Å². The van der Waals surface area contributed by atoms with Gasteiger partial charge in [0.05, 0.1) is 0 Å². The maximum atomic E-state index is 12.6. The lowest BCUT2D eigenvalue weighted by atomic mass is 9.98. The number of benzene rings is 2. The van der Waals surface area contributed by atoms with Crippen molar-refractivity contribution >= 4 is 17.3 Å². The summed E-state index contributed by atoms with van der Waals surface area (Å²) in [6, 6.07) is 14.8. The van der Waals surface area contributed by atoms with Gasteiger partial charge >= 0.3 is 0 Å². The molecule has 0 aliphatic carbocycles. The molecule has 2 saturated heterocycles. The van der Waals surface area contributed by atoms with Crippen LogP contribution in [0.5, 0.6) is 0 Å². The molecular formula is C26H35N3O2. The topological polar surface area (TPSA) is 53.6 Å². The SMILES string of the molecule is Cc1ccc(C(=O)Nc2ccc(N3CCC(NCC4CCOCC4)CC3)cc2)c(C)c1. The predicted molar refractivity (Wildman–Crippen MR) is 127 cm³/mol. The van der Waals surface area contributed by atoms with Gasteiger partial charge < -0.3 is 20.3 Å². The molecule has 0 spiro atoms. The molecule has 166 valence electrons. The molecule has 0 aromatic heterocycles. The monoisotopic (exact) mass is 421 g/mol. The van der Waals surface area contributed by atoms with Gasteiger partial charge in [-0.2, -0.15) is 0 Å². The molecule has 2 heterocycles. The molecule has 1 amide bonds. The van der Waals surface area contributed by atoms with Crippen molar-refractivity contribution in [3.05, 3.63) is 59.2 Å². The second-order valence-corrected chi connectivity index (χ2v) is 9.04. The van der Waals surface area contributed by atoms with E-state index in [1.165, 1.54) is 36.9 Å². The molecule has 0 atom stereocenters. The number of rotatable bonds is 6. The van der Waals surface area contributed by atoms with E-state index in [9.17, 15) is 4.79 Å². The highest BCUT2D eigenvalue weighted by Gasteiger charge is 2.21. The Hall–Kier alpha value is -2.37. The third kappa shape index (κ3) is 5.86. The Kier molecular flexibility index (Phi) is 7.25. The first-order valence-corrected chi connectivity index (χ1v) is 11.6. The Balaban J connectivity index is 1.25.